The van der Waals surface area contributed by atoms with Crippen LogP contribution in [-0.4, -0.2) is 40.0 Å². The molecule has 0 aromatic rings. The highest BCUT2D eigenvalue weighted by molar-refractivity contribution is 5.83. The van der Waals surface area contributed by atoms with Crippen LogP contribution in [0.3, 0.4) is 0 Å². The van der Waals surface area contributed by atoms with Crippen molar-refractivity contribution in [3.8, 4) is 0 Å². The molecule has 1 aliphatic heterocycles. The Morgan fingerprint density at radius 1 is 1.41 bits per heavy atom. The minimum atomic E-state index is -0.898. The summed E-state index contributed by atoms with van der Waals surface area (Å²) in [5.41, 5.74) is 5.44. The van der Waals surface area contributed by atoms with Crippen LogP contribution in [0.2, 0.25) is 0 Å². The van der Waals surface area contributed by atoms with Gasteiger partial charge in [-0.05, 0) is 39.5 Å². The summed E-state index contributed by atoms with van der Waals surface area (Å²) in [7, 11) is 0. The zero-order valence-corrected chi connectivity index (χ0v) is 10.6. The first-order valence-corrected chi connectivity index (χ1v) is 6.12. The monoisotopic (exact) mass is 242 g/mol. The lowest BCUT2D eigenvalue weighted by molar-refractivity contribution is -0.152. The number of likely N-dealkylation sites (tertiary alicyclic amines) is 1. The quantitative estimate of drug-likeness (QED) is 0.769. The van der Waals surface area contributed by atoms with Crippen molar-refractivity contribution in [3.05, 3.63) is 0 Å². The number of amides is 1. The first-order valence-electron chi connectivity index (χ1n) is 6.12. The standard InChI is InChI=1S/C12H22N2O3/c1-12(2,13)7-6-10(15)14-8-4-3-5-9(14)11(16)17/h9H,3-8,13H2,1-2H3,(H,16,17)/t9-/m0/s1. The number of carbonyl (C=O) groups excluding carboxylic acids is 1. The van der Waals surface area contributed by atoms with E-state index in [1.165, 1.54) is 4.90 Å². The molecule has 5 heteroatoms. The van der Waals surface area contributed by atoms with Crippen molar-refractivity contribution < 1.29 is 14.7 Å². The average Bonchev–Trinajstić information content (AvgIpc) is 2.25. The maximum absolute atomic E-state index is 12.0. The number of hydrogen-bond donors (Lipinski definition) is 2. The van der Waals surface area contributed by atoms with Gasteiger partial charge in [-0.2, -0.15) is 0 Å². The molecule has 0 aliphatic carbocycles. The molecule has 0 unspecified atom stereocenters. The van der Waals surface area contributed by atoms with Crippen LogP contribution >= 0.6 is 0 Å². The fourth-order valence-corrected chi connectivity index (χ4v) is 2.06. The van der Waals surface area contributed by atoms with Crippen molar-refractivity contribution in [2.45, 2.75) is 57.5 Å². The van der Waals surface area contributed by atoms with Crippen LogP contribution in [0.1, 0.15) is 46.0 Å². The Labute approximate surface area is 102 Å². The van der Waals surface area contributed by atoms with E-state index in [4.69, 9.17) is 10.8 Å². The van der Waals surface area contributed by atoms with Crippen LogP contribution in [0.15, 0.2) is 0 Å². The lowest BCUT2D eigenvalue weighted by atomic mass is 9.97. The van der Waals surface area contributed by atoms with Crippen LogP contribution in [0.5, 0.6) is 0 Å². The SMILES string of the molecule is CC(C)(N)CCC(=O)N1CCCC[C@H]1C(=O)O. The molecule has 1 fully saturated rings. The van der Waals surface area contributed by atoms with Crippen molar-refractivity contribution in [2.75, 3.05) is 6.54 Å². The van der Waals surface area contributed by atoms with E-state index < -0.39 is 12.0 Å². The molecular formula is C12H22N2O3. The minimum absolute atomic E-state index is 0.0874. The molecule has 1 amide bonds. The normalized spacial score (nSPS) is 21.4. The largest absolute Gasteiger partial charge is 0.480 e. The molecule has 0 radical (unpaired) electrons. The van der Waals surface area contributed by atoms with Gasteiger partial charge in [-0.3, -0.25) is 4.79 Å². The molecule has 1 saturated heterocycles. The summed E-state index contributed by atoms with van der Waals surface area (Å²) >= 11 is 0. The van der Waals surface area contributed by atoms with Crippen LogP contribution < -0.4 is 5.73 Å². The van der Waals surface area contributed by atoms with Crippen LogP contribution in [-0.2, 0) is 9.59 Å². The van der Waals surface area contributed by atoms with Gasteiger partial charge in [0.25, 0.3) is 0 Å². The molecular weight excluding hydrogens is 220 g/mol. The van der Waals surface area contributed by atoms with Gasteiger partial charge in [0.1, 0.15) is 6.04 Å². The summed E-state index contributed by atoms with van der Waals surface area (Å²) in [6.45, 7) is 4.29. The van der Waals surface area contributed by atoms with Crippen molar-refractivity contribution >= 4 is 11.9 Å². The first kappa shape index (κ1) is 14.0. The van der Waals surface area contributed by atoms with E-state index in [0.717, 1.165) is 12.8 Å². The van der Waals surface area contributed by atoms with Gasteiger partial charge in [0.15, 0.2) is 0 Å². The topological polar surface area (TPSA) is 83.6 Å². The number of piperidine rings is 1. The number of carbonyl (C=O) groups is 2. The number of hydrogen-bond acceptors (Lipinski definition) is 3. The molecule has 0 saturated carbocycles. The van der Waals surface area contributed by atoms with E-state index in [0.29, 0.717) is 25.8 Å². The Morgan fingerprint density at radius 2 is 2.06 bits per heavy atom. The smallest absolute Gasteiger partial charge is 0.326 e. The molecule has 1 aliphatic rings. The molecule has 1 rings (SSSR count). The highest BCUT2D eigenvalue weighted by atomic mass is 16.4. The summed E-state index contributed by atoms with van der Waals surface area (Å²) in [6.07, 6.45) is 3.24. The second-order valence-corrected chi connectivity index (χ2v) is 5.43. The molecule has 98 valence electrons. The van der Waals surface area contributed by atoms with Gasteiger partial charge in [-0.15, -0.1) is 0 Å². The highest BCUT2D eigenvalue weighted by Crippen LogP contribution is 2.19. The fraction of sp³-hybridized carbons (Fsp3) is 0.833. The van der Waals surface area contributed by atoms with Gasteiger partial charge in [0, 0.05) is 18.5 Å². The van der Waals surface area contributed by atoms with Crippen LogP contribution in [0, 0.1) is 0 Å². The van der Waals surface area contributed by atoms with Gasteiger partial charge >= 0.3 is 5.97 Å². The Kier molecular flexibility index (Phi) is 4.51. The average molecular weight is 242 g/mol. The van der Waals surface area contributed by atoms with Crippen molar-refractivity contribution in [3.63, 3.8) is 0 Å². The molecule has 5 nitrogen and oxygen atoms in total. The molecule has 0 aromatic carbocycles. The molecule has 17 heavy (non-hydrogen) atoms. The third-order valence-corrected chi connectivity index (χ3v) is 3.09. The Hall–Kier alpha value is -1.10. The Balaban J connectivity index is 2.56. The molecule has 1 heterocycles. The van der Waals surface area contributed by atoms with E-state index in [9.17, 15) is 9.59 Å². The predicted molar refractivity (Wildman–Crippen MR) is 64.5 cm³/mol. The second-order valence-electron chi connectivity index (χ2n) is 5.43. The molecule has 0 bridgehead atoms. The number of carboxylic acid groups (broad SMARTS) is 1. The number of nitrogens with zero attached hydrogens (tertiary/aromatic N) is 1. The van der Waals surface area contributed by atoms with Crippen molar-refractivity contribution in [1.82, 2.24) is 4.90 Å². The van der Waals surface area contributed by atoms with Gasteiger partial charge in [0.2, 0.25) is 5.91 Å². The van der Waals surface area contributed by atoms with Crippen molar-refractivity contribution in [1.29, 1.82) is 0 Å². The molecule has 0 spiro atoms. The predicted octanol–water partition coefficient (Wildman–Crippen LogP) is 0.970. The number of carboxylic acids is 1. The minimum Gasteiger partial charge on any atom is -0.480 e. The Morgan fingerprint density at radius 3 is 2.59 bits per heavy atom. The summed E-state index contributed by atoms with van der Waals surface area (Å²) in [6, 6.07) is -0.642. The van der Waals surface area contributed by atoms with E-state index in [1.54, 1.807) is 0 Å². The molecule has 3 N–H and O–H groups in total. The van der Waals surface area contributed by atoms with Gasteiger partial charge in [-0.1, -0.05) is 0 Å². The number of nitrogens with two attached hydrogens (primary N) is 1. The number of aliphatic carboxylic acids is 1. The lowest BCUT2D eigenvalue weighted by Gasteiger charge is -2.33. The molecule has 1 atom stereocenters. The first-order chi connectivity index (χ1) is 7.81. The highest BCUT2D eigenvalue weighted by Gasteiger charge is 2.31. The summed E-state index contributed by atoms with van der Waals surface area (Å²) in [5.74, 6) is -0.985. The van der Waals surface area contributed by atoms with Gasteiger partial charge in [-0.25, -0.2) is 4.79 Å². The van der Waals surface area contributed by atoms with Gasteiger partial charge < -0.3 is 15.7 Å². The number of rotatable bonds is 4. The maximum Gasteiger partial charge on any atom is 0.326 e. The Bertz CT molecular complexity index is 297. The third kappa shape index (κ3) is 4.34. The maximum atomic E-state index is 12.0. The zero-order valence-electron chi connectivity index (χ0n) is 10.6. The van der Waals surface area contributed by atoms with E-state index in [2.05, 4.69) is 0 Å². The van der Waals surface area contributed by atoms with Crippen LogP contribution in [0.25, 0.3) is 0 Å². The zero-order chi connectivity index (χ0) is 13.1. The van der Waals surface area contributed by atoms with E-state index in [1.807, 2.05) is 13.8 Å². The second kappa shape index (κ2) is 5.49. The summed E-state index contributed by atoms with van der Waals surface area (Å²) in [4.78, 5) is 24.5. The van der Waals surface area contributed by atoms with Crippen molar-refractivity contribution in [2.24, 2.45) is 5.73 Å². The third-order valence-electron chi connectivity index (χ3n) is 3.09. The van der Waals surface area contributed by atoms with E-state index >= 15 is 0 Å². The van der Waals surface area contributed by atoms with Crippen LogP contribution in [0.4, 0.5) is 0 Å². The lowest BCUT2D eigenvalue weighted by Crippen LogP contribution is -2.48. The van der Waals surface area contributed by atoms with E-state index in [-0.39, 0.29) is 11.4 Å². The molecule has 0 aromatic heterocycles. The summed E-state index contributed by atoms with van der Waals surface area (Å²) in [5, 5.41) is 9.07. The summed E-state index contributed by atoms with van der Waals surface area (Å²) < 4.78 is 0. The fourth-order valence-electron chi connectivity index (χ4n) is 2.06. The van der Waals surface area contributed by atoms with Gasteiger partial charge in [0.05, 0.1) is 0 Å².